The van der Waals surface area contributed by atoms with Crippen molar-refractivity contribution in [3.8, 4) is 17.0 Å². The lowest BCUT2D eigenvalue weighted by Crippen LogP contribution is -2.34. The van der Waals surface area contributed by atoms with Crippen molar-refractivity contribution in [3.05, 3.63) is 52.9 Å². The fourth-order valence-corrected chi connectivity index (χ4v) is 5.00. The number of hydrogen-bond acceptors (Lipinski definition) is 5. The molecule has 0 aliphatic carbocycles. The first-order chi connectivity index (χ1) is 14.0. The summed E-state index contributed by atoms with van der Waals surface area (Å²) in [5.74, 6) is 0.813. The Bertz CT molecular complexity index is 1280. The number of nitrogens with zero attached hydrogens (tertiary/aromatic N) is 1. The molecule has 0 radical (unpaired) electrons. The monoisotopic (exact) mass is 403 g/mol. The van der Waals surface area contributed by atoms with E-state index in [9.17, 15) is 4.79 Å². The normalized spacial score (nSPS) is 16.2. The van der Waals surface area contributed by atoms with Gasteiger partial charge in [0.25, 0.3) is 5.91 Å². The van der Waals surface area contributed by atoms with E-state index < -0.39 is 0 Å². The predicted octanol–water partition coefficient (Wildman–Crippen LogP) is 4.98. The lowest BCUT2D eigenvalue weighted by Gasteiger charge is -2.10. The van der Waals surface area contributed by atoms with Crippen LogP contribution in [-0.4, -0.2) is 30.6 Å². The molecule has 2 aromatic heterocycles. The van der Waals surface area contributed by atoms with Gasteiger partial charge in [0, 0.05) is 33.6 Å². The van der Waals surface area contributed by atoms with Gasteiger partial charge in [0.1, 0.15) is 10.6 Å². The van der Waals surface area contributed by atoms with Crippen molar-refractivity contribution >= 4 is 43.9 Å². The summed E-state index contributed by atoms with van der Waals surface area (Å²) in [5.41, 5.74) is 4.89. The van der Waals surface area contributed by atoms with Crippen molar-refractivity contribution in [2.24, 2.45) is 0 Å². The first kappa shape index (κ1) is 17.9. The number of aryl methyl sites for hydroxylation is 1. The largest absolute Gasteiger partial charge is 0.497 e. The van der Waals surface area contributed by atoms with Gasteiger partial charge in [0.05, 0.1) is 24.0 Å². The molecule has 1 aliphatic rings. The van der Waals surface area contributed by atoms with E-state index in [1.807, 2.05) is 31.2 Å². The van der Waals surface area contributed by atoms with Crippen LogP contribution in [0.5, 0.6) is 5.75 Å². The maximum absolute atomic E-state index is 12.6. The molecule has 2 aromatic carbocycles. The molecule has 5 nitrogen and oxygen atoms in total. The van der Waals surface area contributed by atoms with Gasteiger partial charge in [-0.2, -0.15) is 0 Å². The molecular weight excluding hydrogens is 382 g/mol. The number of pyridine rings is 1. The molecule has 146 valence electrons. The number of nitrogens with one attached hydrogen (secondary N) is 2. The van der Waals surface area contributed by atoms with Gasteiger partial charge in [-0.3, -0.25) is 4.79 Å². The van der Waals surface area contributed by atoms with Crippen LogP contribution >= 0.6 is 11.3 Å². The second kappa shape index (κ2) is 6.74. The summed E-state index contributed by atoms with van der Waals surface area (Å²) >= 11 is 1.53. The number of anilines is 1. The van der Waals surface area contributed by atoms with Gasteiger partial charge in [-0.25, -0.2) is 4.98 Å². The zero-order chi connectivity index (χ0) is 20.1. The minimum Gasteiger partial charge on any atom is -0.497 e. The summed E-state index contributed by atoms with van der Waals surface area (Å²) in [6, 6.07) is 14.4. The Morgan fingerprint density at radius 2 is 2.03 bits per heavy atom. The summed E-state index contributed by atoms with van der Waals surface area (Å²) < 4.78 is 6.50. The first-order valence-corrected chi connectivity index (χ1v) is 10.4. The van der Waals surface area contributed by atoms with Crippen LogP contribution in [0.1, 0.15) is 22.2 Å². The fraction of sp³-hybridized carbons (Fsp3) is 0.217. The van der Waals surface area contributed by atoms with Gasteiger partial charge in [-0.05, 0) is 61.9 Å². The van der Waals surface area contributed by atoms with Crippen molar-refractivity contribution in [1.29, 1.82) is 0 Å². The van der Waals surface area contributed by atoms with Crippen LogP contribution in [0.25, 0.3) is 32.2 Å². The second-order valence-electron chi connectivity index (χ2n) is 7.50. The first-order valence-electron chi connectivity index (χ1n) is 9.60. The lowest BCUT2D eigenvalue weighted by molar-refractivity contribution is 0.0949. The minimum atomic E-state index is -0.0108. The number of rotatable bonds is 2. The summed E-state index contributed by atoms with van der Waals surface area (Å²) in [5, 5.41) is 8.64. The maximum Gasteiger partial charge on any atom is 0.263 e. The number of fused-ring (bicyclic) bond motifs is 5. The number of aromatic nitrogens is 1. The van der Waals surface area contributed by atoms with Crippen LogP contribution < -0.4 is 15.4 Å². The van der Waals surface area contributed by atoms with Crippen molar-refractivity contribution < 1.29 is 9.53 Å². The molecule has 1 aliphatic heterocycles. The highest BCUT2D eigenvalue weighted by Crippen LogP contribution is 2.41. The maximum atomic E-state index is 12.6. The van der Waals surface area contributed by atoms with E-state index in [1.54, 1.807) is 7.11 Å². The molecule has 6 heteroatoms. The number of methoxy groups -OCH3 is 1. The van der Waals surface area contributed by atoms with Crippen LogP contribution in [0.2, 0.25) is 0 Å². The highest BCUT2D eigenvalue weighted by molar-refractivity contribution is 7.21. The van der Waals surface area contributed by atoms with E-state index in [-0.39, 0.29) is 11.9 Å². The number of thiophene rings is 1. The van der Waals surface area contributed by atoms with Crippen molar-refractivity contribution in [2.45, 2.75) is 19.9 Å². The van der Waals surface area contributed by atoms with Crippen LogP contribution in [0.15, 0.2) is 42.5 Å². The van der Waals surface area contributed by atoms with E-state index in [4.69, 9.17) is 9.72 Å². The van der Waals surface area contributed by atoms with Crippen LogP contribution in [-0.2, 0) is 0 Å². The second-order valence-corrected chi connectivity index (χ2v) is 8.55. The molecule has 1 amide bonds. The smallest absolute Gasteiger partial charge is 0.263 e. The number of benzene rings is 2. The predicted molar refractivity (Wildman–Crippen MR) is 119 cm³/mol. The Morgan fingerprint density at radius 1 is 1.17 bits per heavy atom. The Hall–Kier alpha value is -3.12. The average Bonchev–Trinajstić information content (AvgIpc) is 3.04. The third kappa shape index (κ3) is 3.00. The van der Waals surface area contributed by atoms with Crippen molar-refractivity contribution in [1.82, 2.24) is 10.3 Å². The number of carbonyl (C=O) groups is 1. The van der Waals surface area contributed by atoms with E-state index in [0.29, 0.717) is 6.54 Å². The summed E-state index contributed by atoms with van der Waals surface area (Å²) in [6.07, 6.45) is 0. The third-order valence-corrected chi connectivity index (χ3v) is 6.43. The van der Waals surface area contributed by atoms with Gasteiger partial charge in [0.2, 0.25) is 0 Å². The molecule has 2 N–H and O–H groups in total. The van der Waals surface area contributed by atoms with Crippen LogP contribution in [0.3, 0.4) is 0 Å². The topological polar surface area (TPSA) is 63.2 Å². The van der Waals surface area contributed by atoms with E-state index in [2.05, 4.69) is 35.8 Å². The number of hydrogen-bond donors (Lipinski definition) is 2. The molecule has 0 bridgehead atoms. The van der Waals surface area contributed by atoms with Crippen molar-refractivity contribution in [2.75, 3.05) is 19.0 Å². The van der Waals surface area contributed by atoms with Crippen molar-refractivity contribution in [3.63, 3.8) is 0 Å². The van der Waals surface area contributed by atoms with Crippen LogP contribution in [0.4, 0.5) is 5.69 Å². The minimum absolute atomic E-state index is 0.0108. The van der Waals surface area contributed by atoms with Gasteiger partial charge < -0.3 is 15.4 Å². The Kier molecular flexibility index (Phi) is 4.17. The summed E-state index contributed by atoms with van der Waals surface area (Å²) in [6.45, 7) is 4.76. The molecule has 5 rings (SSSR count). The standard InChI is InChI=1S/C23H21N3O2S/c1-12-8-14(10-15(9-12)28-3)17-5-4-16-18(26-17)6-7-19-20(16)21-22(29-19)23(27)25-13(2)11-24-21/h4-10,13,24H,11H2,1-3H3,(H,25,27)/t13-/m1/s1. The molecule has 0 spiro atoms. The third-order valence-electron chi connectivity index (χ3n) is 5.27. The fourth-order valence-electron chi connectivity index (χ4n) is 3.90. The van der Waals surface area contributed by atoms with Gasteiger partial charge in [0.15, 0.2) is 0 Å². The van der Waals surface area contributed by atoms with Gasteiger partial charge in [-0.1, -0.05) is 0 Å². The zero-order valence-electron chi connectivity index (χ0n) is 16.5. The molecule has 4 aromatic rings. The quantitative estimate of drug-likeness (QED) is 0.496. The number of carbonyl (C=O) groups excluding carboxylic acids is 1. The molecule has 0 unspecified atom stereocenters. The zero-order valence-corrected chi connectivity index (χ0v) is 17.3. The van der Waals surface area contributed by atoms with Crippen LogP contribution in [0, 0.1) is 6.92 Å². The number of amides is 1. The molecule has 0 saturated carbocycles. The Morgan fingerprint density at radius 3 is 2.86 bits per heavy atom. The van der Waals surface area contributed by atoms with E-state index in [1.165, 1.54) is 11.3 Å². The highest BCUT2D eigenvalue weighted by Gasteiger charge is 2.24. The van der Waals surface area contributed by atoms with Gasteiger partial charge in [-0.15, -0.1) is 11.3 Å². The van der Waals surface area contributed by atoms with Gasteiger partial charge >= 0.3 is 0 Å². The molecular formula is C23H21N3O2S. The molecule has 0 fully saturated rings. The SMILES string of the molecule is COc1cc(C)cc(-c2ccc3c(ccc4sc5c(c43)NC[C@@H](C)NC5=O)n2)c1. The summed E-state index contributed by atoms with van der Waals surface area (Å²) in [7, 11) is 1.68. The Labute approximate surface area is 172 Å². The Balaban J connectivity index is 1.70. The highest BCUT2D eigenvalue weighted by atomic mass is 32.1. The lowest BCUT2D eigenvalue weighted by atomic mass is 10.0. The van der Waals surface area contributed by atoms with E-state index >= 15 is 0 Å². The summed E-state index contributed by atoms with van der Waals surface area (Å²) in [4.78, 5) is 18.2. The number of ether oxygens (including phenoxy) is 1. The molecule has 3 heterocycles. The molecule has 0 saturated heterocycles. The molecule has 1 atom stereocenters. The van der Waals surface area contributed by atoms with E-state index in [0.717, 1.165) is 54.1 Å². The molecule has 29 heavy (non-hydrogen) atoms. The average molecular weight is 404 g/mol.